The molecule has 0 radical (unpaired) electrons. The van der Waals surface area contributed by atoms with E-state index in [1.54, 1.807) is 0 Å². The number of esters is 1. The van der Waals surface area contributed by atoms with Gasteiger partial charge < -0.3 is 14.6 Å². The maximum absolute atomic E-state index is 11.4. The standard InChI is InChI=1S/C14H23NO5/c1-2-12(20-14(18)6-5-13(16)17)4-3-7-15-8-10-19-11-9-15/h5-6,12H,2-4,7-11H2,1H3,(H,16,17). The molecule has 1 aliphatic heterocycles. The van der Waals surface area contributed by atoms with Gasteiger partial charge in [0, 0.05) is 25.2 Å². The zero-order valence-electron chi connectivity index (χ0n) is 11.9. The molecule has 1 heterocycles. The van der Waals surface area contributed by atoms with Crippen LogP contribution >= 0.6 is 0 Å². The first-order valence-electron chi connectivity index (χ1n) is 7.03. The van der Waals surface area contributed by atoms with E-state index in [4.69, 9.17) is 14.6 Å². The Kier molecular flexibility index (Phi) is 7.91. The Hall–Kier alpha value is -1.40. The van der Waals surface area contributed by atoms with Crippen LogP contribution in [0.1, 0.15) is 26.2 Å². The van der Waals surface area contributed by atoms with Crippen LogP contribution in [-0.2, 0) is 19.1 Å². The third kappa shape index (κ3) is 7.25. The summed E-state index contributed by atoms with van der Waals surface area (Å²) in [6, 6.07) is 0. The molecule has 0 aromatic carbocycles. The number of rotatable bonds is 8. The number of aliphatic carboxylic acids is 1. The van der Waals surface area contributed by atoms with Crippen molar-refractivity contribution in [1.82, 2.24) is 4.90 Å². The van der Waals surface area contributed by atoms with Gasteiger partial charge in [0.05, 0.1) is 13.2 Å². The quantitative estimate of drug-likeness (QED) is 0.531. The van der Waals surface area contributed by atoms with Gasteiger partial charge in [-0.25, -0.2) is 9.59 Å². The molecule has 0 bridgehead atoms. The van der Waals surface area contributed by atoms with Crippen molar-refractivity contribution in [3.8, 4) is 0 Å². The first kappa shape index (κ1) is 16.7. The van der Waals surface area contributed by atoms with E-state index >= 15 is 0 Å². The smallest absolute Gasteiger partial charge is 0.331 e. The molecule has 20 heavy (non-hydrogen) atoms. The fraction of sp³-hybridized carbons (Fsp3) is 0.714. The van der Waals surface area contributed by atoms with Crippen LogP contribution in [0.5, 0.6) is 0 Å². The largest absolute Gasteiger partial charge is 0.478 e. The summed E-state index contributed by atoms with van der Waals surface area (Å²) >= 11 is 0. The second kappa shape index (κ2) is 9.50. The molecule has 1 fully saturated rings. The maximum atomic E-state index is 11.4. The molecule has 0 aromatic rings. The lowest BCUT2D eigenvalue weighted by atomic mass is 10.1. The third-order valence-electron chi connectivity index (χ3n) is 3.20. The molecule has 0 spiro atoms. The summed E-state index contributed by atoms with van der Waals surface area (Å²) in [7, 11) is 0. The Morgan fingerprint density at radius 1 is 1.35 bits per heavy atom. The average molecular weight is 285 g/mol. The minimum atomic E-state index is -1.15. The summed E-state index contributed by atoms with van der Waals surface area (Å²) in [5.74, 6) is -1.74. The van der Waals surface area contributed by atoms with Gasteiger partial charge >= 0.3 is 11.9 Å². The average Bonchev–Trinajstić information content (AvgIpc) is 2.45. The van der Waals surface area contributed by atoms with Crippen molar-refractivity contribution >= 4 is 11.9 Å². The Labute approximate surface area is 119 Å². The number of carbonyl (C=O) groups excluding carboxylic acids is 1. The van der Waals surface area contributed by atoms with Crippen molar-refractivity contribution in [2.45, 2.75) is 32.3 Å². The first-order valence-corrected chi connectivity index (χ1v) is 7.03. The van der Waals surface area contributed by atoms with Crippen LogP contribution in [0, 0.1) is 0 Å². The van der Waals surface area contributed by atoms with Gasteiger partial charge in [0.25, 0.3) is 0 Å². The summed E-state index contributed by atoms with van der Waals surface area (Å²) in [4.78, 5) is 24.0. The molecule has 1 rings (SSSR count). The molecule has 114 valence electrons. The summed E-state index contributed by atoms with van der Waals surface area (Å²) < 4.78 is 10.5. The normalized spacial score (nSPS) is 18.1. The van der Waals surface area contributed by atoms with Crippen molar-refractivity contribution < 1.29 is 24.2 Å². The van der Waals surface area contributed by atoms with E-state index in [9.17, 15) is 9.59 Å². The van der Waals surface area contributed by atoms with Crippen molar-refractivity contribution in [2.75, 3.05) is 32.8 Å². The second-order valence-electron chi connectivity index (χ2n) is 4.73. The van der Waals surface area contributed by atoms with Crippen LogP contribution in [0.25, 0.3) is 0 Å². The summed E-state index contributed by atoms with van der Waals surface area (Å²) in [5.41, 5.74) is 0. The molecule has 1 N–H and O–H groups in total. The minimum absolute atomic E-state index is 0.151. The van der Waals surface area contributed by atoms with Crippen molar-refractivity contribution in [3.63, 3.8) is 0 Å². The topological polar surface area (TPSA) is 76.1 Å². The molecule has 1 aliphatic rings. The number of hydrogen-bond donors (Lipinski definition) is 1. The van der Waals surface area contributed by atoms with E-state index in [0.29, 0.717) is 0 Å². The van der Waals surface area contributed by atoms with Crippen molar-refractivity contribution in [1.29, 1.82) is 0 Å². The number of morpholine rings is 1. The van der Waals surface area contributed by atoms with Gasteiger partial charge in [-0.3, -0.25) is 4.90 Å². The van der Waals surface area contributed by atoms with Crippen LogP contribution in [0.2, 0.25) is 0 Å². The zero-order chi connectivity index (χ0) is 14.8. The molecule has 0 aromatic heterocycles. The van der Waals surface area contributed by atoms with Gasteiger partial charge in [0.1, 0.15) is 6.10 Å². The summed E-state index contributed by atoms with van der Waals surface area (Å²) in [5, 5.41) is 8.43. The lowest BCUT2D eigenvalue weighted by molar-refractivity contribution is -0.144. The highest BCUT2D eigenvalue weighted by Gasteiger charge is 2.13. The molecule has 6 nitrogen and oxygen atoms in total. The van der Waals surface area contributed by atoms with E-state index < -0.39 is 11.9 Å². The highest BCUT2D eigenvalue weighted by atomic mass is 16.5. The number of ether oxygens (including phenoxy) is 2. The van der Waals surface area contributed by atoms with Crippen LogP contribution in [0.4, 0.5) is 0 Å². The van der Waals surface area contributed by atoms with E-state index in [1.165, 1.54) is 0 Å². The zero-order valence-corrected chi connectivity index (χ0v) is 11.9. The molecule has 6 heteroatoms. The Morgan fingerprint density at radius 3 is 2.65 bits per heavy atom. The van der Waals surface area contributed by atoms with Gasteiger partial charge in [-0.05, 0) is 25.8 Å². The predicted molar refractivity (Wildman–Crippen MR) is 73.4 cm³/mol. The predicted octanol–water partition coefficient (Wildman–Crippen LogP) is 1.06. The minimum Gasteiger partial charge on any atom is -0.478 e. The molecule has 1 atom stereocenters. The Bertz CT molecular complexity index is 336. The molecule has 1 saturated heterocycles. The van der Waals surface area contributed by atoms with E-state index in [0.717, 1.165) is 64.3 Å². The van der Waals surface area contributed by atoms with Crippen molar-refractivity contribution in [2.24, 2.45) is 0 Å². The van der Waals surface area contributed by atoms with Gasteiger partial charge in [0.2, 0.25) is 0 Å². The fourth-order valence-electron chi connectivity index (χ4n) is 2.06. The number of carboxylic acids is 1. The number of nitrogens with zero attached hydrogens (tertiary/aromatic N) is 1. The Balaban J connectivity index is 2.21. The molecule has 1 unspecified atom stereocenters. The lowest BCUT2D eigenvalue weighted by Gasteiger charge is -2.27. The van der Waals surface area contributed by atoms with E-state index in [-0.39, 0.29) is 6.10 Å². The first-order chi connectivity index (χ1) is 9.61. The third-order valence-corrected chi connectivity index (χ3v) is 3.20. The molecular formula is C14H23NO5. The van der Waals surface area contributed by atoms with Crippen LogP contribution in [0.15, 0.2) is 12.2 Å². The van der Waals surface area contributed by atoms with Gasteiger partial charge in [0.15, 0.2) is 0 Å². The summed E-state index contributed by atoms with van der Waals surface area (Å²) in [6.45, 7) is 6.41. The van der Waals surface area contributed by atoms with E-state index in [2.05, 4.69) is 4.90 Å². The number of hydrogen-bond acceptors (Lipinski definition) is 5. The molecule has 0 amide bonds. The molecule has 0 aliphatic carbocycles. The maximum Gasteiger partial charge on any atom is 0.331 e. The highest BCUT2D eigenvalue weighted by molar-refractivity contribution is 5.90. The van der Waals surface area contributed by atoms with Gasteiger partial charge in [-0.15, -0.1) is 0 Å². The van der Waals surface area contributed by atoms with Crippen LogP contribution in [0.3, 0.4) is 0 Å². The van der Waals surface area contributed by atoms with E-state index in [1.807, 2.05) is 6.92 Å². The van der Waals surface area contributed by atoms with Crippen LogP contribution in [-0.4, -0.2) is 60.9 Å². The van der Waals surface area contributed by atoms with Crippen LogP contribution < -0.4 is 0 Å². The monoisotopic (exact) mass is 285 g/mol. The molecular weight excluding hydrogens is 262 g/mol. The number of carbonyl (C=O) groups is 2. The number of carboxylic acid groups (broad SMARTS) is 1. The van der Waals surface area contributed by atoms with Crippen molar-refractivity contribution in [3.05, 3.63) is 12.2 Å². The highest BCUT2D eigenvalue weighted by Crippen LogP contribution is 2.09. The van der Waals surface area contributed by atoms with Gasteiger partial charge in [-0.2, -0.15) is 0 Å². The van der Waals surface area contributed by atoms with Gasteiger partial charge in [-0.1, -0.05) is 6.92 Å². The fourth-order valence-corrected chi connectivity index (χ4v) is 2.06. The summed E-state index contributed by atoms with van der Waals surface area (Å²) in [6.07, 6.45) is 4.07. The second-order valence-corrected chi connectivity index (χ2v) is 4.73. The molecule has 0 saturated carbocycles. The SMILES string of the molecule is CCC(CCCN1CCOCC1)OC(=O)C=CC(=O)O. The Morgan fingerprint density at radius 2 is 2.05 bits per heavy atom. The lowest BCUT2D eigenvalue weighted by Crippen LogP contribution is -2.37.